The molecule has 0 aromatic heterocycles. The lowest BCUT2D eigenvalue weighted by atomic mass is 10.1. The fraction of sp³-hybridized carbons (Fsp3) is 0.500. The minimum atomic E-state index is -4.53. The van der Waals surface area contributed by atoms with Gasteiger partial charge >= 0.3 is 6.18 Å². The maximum atomic E-state index is 12.7. The van der Waals surface area contributed by atoms with Gasteiger partial charge in [-0.1, -0.05) is 19.1 Å². The lowest BCUT2D eigenvalue weighted by Gasteiger charge is -2.14. The third kappa shape index (κ3) is 6.03. The van der Waals surface area contributed by atoms with Crippen LogP contribution >= 0.6 is 0 Å². The smallest absolute Gasteiger partial charge is 0.419 e. The monoisotopic (exact) mass is 305 g/mol. The molecule has 0 heterocycles. The molecule has 0 spiro atoms. The van der Waals surface area contributed by atoms with E-state index in [2.05, 4.69) is 5.32 Å². The first-order valence-electron chi connectivity index (χ1n) is 6.51. The zero-order chi connectivity index (χ0) is 15.9. The minimum Gasteiger partial charge on any atom is -0.483 e. The second kappa shape index (κ2) is 7.87. The van der Waals surface area contributed by atoms with Gasteiger partial charge in [-0.25, -0.2) is 0 Å². The molecule has 0 saturated carbocycles. The normalized spacial score (nSPS) is 12.8. The van der Waals surface area contributed by atoms with Gasteiger partial charge in [-0.05, 0) is 24.5 Å². The average molecular weight is 305 g/mol. The number of carbonyl (C=O) groups excluding carboxylic acids is 1. The molecule has 1 atom stereocenters. The predicted octanol–water partition coefficient (Wildman–Crippen LogP) is 2.22. The highest BCUT2D eigenvalue weighted by Crippen LogP contribution is 2.35. The van der Waals surface area contributed by atoms with Crippen molar-refractivity contribution in [3.63, 3.8) is 0 Å². The van der Waals surface area contributed by atoms with Crippen molar-refractivity contribution in [3.8, 4) is 5.75 Å². The van der Waals surface area contributed by atoms with Crippen molar-refractivity contribution in [3.05, 3.63) is 29.8 Å². The number of halogens is 3. The fourth-order valence-electron chi connectivity index (χ4n) is 1.63. The molecule has 0 fully saturated rings. The van der Waals surface area contributed by atoms with E-state index in [1.165, 1.54) is 18.2 Å². The average Bonchev–Trinajstić information content (AvgIpc) is 2.42. The van der Waals surface area contributed by atoms with Gasteiger partial charge in [-0.3, -0.25) is 4.79 Å². The van der Waals surface area contributed by atoms with Gasteiger partial charge < -0.3 is 15.2 Å². The van der Waals surface area contributed by atoms with E-state index < -0.39 is 24.3 Å². The van der Waals surface area contributed by atoms with Crippen molar-refractivity contribution >= 4 is 5.91 Å². The van der Waals surface area contributed by atoms with Crippen LogP contribution in [0.15, 0.2) is 24.3 Å². The topological polar surface area (TPSA) is 58.6 Å². The Bertz CT molecular complexity index is 463. The first kappa shape index (κ1) is 17.3. The summed E-state index contributed by atoms with van der Waals surface area (Å²) < 4.78 is 43.1. The van der Waals surface area contributed by atoms with E-state index in [1.54, 1.807) is 0 Å². The molecule has 1 rings (SSSR count). The maximum Gasteiger partial charge on any atom is 0.419 e. The van der Waals surface area contributed by atoms with Gasteiger partial charge in [-0.15, -0.1) is 0 Å². The van der Waals surface area contributed by atoms with Gasteiger partial charge in [-0.2, -0.15) is 13.2 Å². The van der Waals surface area contributed by atoms with Crippen LogP contribution in [-0.4, -0.2) is 30.8 Å². The molecule has 21 heavy (non-hydrogen) atoms. The summed E-state index contributed by atoms with van der Waals surface area (Å²) in [6.45, 7) is 1.71. The van der Waals surface area contributed by atoms with Crippen LogP contribution in [0, 0.1) is 5.92 Å². The quantitative estimate of drug-likeness (QED) is 0.812. The third-order valence-electron chi connectivity index (χ3n) is 2.82. The van der Waals surface area contributed by atoms with Crippen LogP contribution in [0.3, 0.4) is 0 Å². The Morgan fingerprint density at radius 3 is 2.67 bits per heavy atom. The van der Waals surface area contributed by atoms with E-state index in [0.717, 1.165) is 6.07 Å². The number of ether oxygens (including phenoxy) is 1. The number of amides is 1. The van der Waals surface area contributed by atoms with Crippen LogP contribution in [-0.2, 0) is 11.0 Å². The predicted molar refractivity (Wildman–Crippen MR) is 70.8 cm³/mol. The van der Waals surface area contributed by atoms with E-state index in [-0.39, 0.29) is 18.3 Å². The second-order valence-corrected chi connectivity index (χ2v) is 4.70. The lowest BCUT2D eigenvalue weighted by Crippen LogP contribution is -2.32. The molecule has 0 radical (unpaired) electrons. The molecule has 2 N–H and O–H groups in total. The summed E-state index contributed by atoms with van der Waals surface area (Å²) in [6, 6.07) is 4.74. The number of aliphatic hydroxyl groups excluding tert-OH is 1. The standard InChI is InChI=1S/C14H18F3NO3/c1-10(6-7-19)8-18-13(20)9-21-12-5-3-2-4-11(12)14(15,16)17/h2-5,10,19H,6-9H2,1H3,(H,18,20). The summed E-state index contributed by atoms with van der Waals surface area (Å²) in [5, 5.41) is 11.3. The molecule has 1 unspecified atom stereocenters. The van der Waals surface area contributed by atoms with Crippen molar-refractivity contribution in [2.24, 2.45) is 5.92 Å². The molecular formula is C14H18F3NO3. The van der Waals surface area contributed by atoms with Crippen molar-refractivity contribution < 1.29 is 27.8 Å². The molecule has 0 aliphatic carbocycles. The Morgan fingerprint density at radius 2 is 2.05 bits per heavy atom. The number of rotatable bonds is 7. The number of aliphatic hydroxyl groups is 1. The Labute approximate surface area is 120 Å². The van der Waals surface area contributed by atoms with E-state index >= 15 is 0 Å². The Kier molecular flexibility index (Phi) is 6.48. The van der Waals surface area contributed by atoms with Crippen molar-refractivity contribution in [2.75, 3.05) is 19.8 Å². The van der Waals surface area contributed by atoms with Gasteiger partial charge in [0.15, 0.2) is 6.61 Å². The van der Waals surface area contributed by atoms with E-state index in [4.69, 9.17) is 9.84 Å². The number of hydrogen-bond acceptors (Lipinski definition) is 3. The highest BCUT2D eigenvalue weighted by Gasteiger charge is 2.34. The summed E-state index contributed by atoms with van der Waals surface area (Å²) >= 11 is 0. The number of alkyl halides is 3. The molecule has 118 valence electrons. The summed E-state index contributed by atoms with van der Waals surface area (Å²) in [5.41, 5.74) is -0.911. The molecule has 4 nitrogen and oxygen atoms in total. The third-order valence-corrected chi connectivity index (χ3v) is 2.82. The van der Waals surface area contributed by atoms with Crippen molar-refractivity contribution in [2.45, 2.75) is 19.5 Å². The molecule has 0 bridgehead atoms. The fourth-order valence-corrected chi connectivity index (χ4v) is 1.63. The first-order valence-corrected chi connectivity index (χ1v) is 6.51. The Balaban J connectivity index is 2.50. The number of hydrogen-bond donors (Lipinski definition) is 2. The largest absolute Gasteiger partial charge is 0.483 e. The lowest BCUT2D eigenvalue weighted by molar-refractivity contribution is -0.139. The number of para-hydroxylation sites is 1. The van der Waals surface area contributed by atoms with Crippen LogP contribution in [0.1, 0.15) is 18.9 Å². The zero-order valence-corrected chi connectivity index (χ0v) is 11.6. The van der Waals surface area contributed by atoms with Gasteiger partial charge in [0.1, 0.15) is 5.75 Å². The highest BCUT2D eigenvalue weighted by molar-refractivity contribution is 5.77. The molecule has 7 heteroatoms. The van der Waals surface area contributed by atoms with Crippen LogP contribution in [0.25, 0.3) is 0 Å². The highest BCUT2D eigenvalue weighted by atomic mass is 19.4. The first-order chi connectivity index (χ1) is 9.84. The minimum absolute atomic E-state index is 0.0203. The van der Waals surface area contributed by atoms with E-state index in [0.29, 0.717) is 13.0 Å². The maximum absolute atomic E-state index is 12.7. The van der Waals surface area contributed by atoms with Gasteiger partial charge in [0.05, 0.1) is 5.56 Å². The van der Waals surface area contributed by atoms with Crippen LogP contribution < -0.4 is 10.1 Å². The van der Waals surface area contributed by atoms with E-state index in [1.807, 2.05) is 6.92 Å². The molecule has 0 aliphatic heterocycles. The Hall–Kier alpha value is -1.76. The van der Waals surface area contributed by atoms with Crippen molar-refractivity contribution in [1.82, 2.24) is 5.32 Å². The van der Waals surface area contributed by atoms with Gasteiger partial charge in [0.25, 0.3) is 5.91 Å². The number of carbonyl (C=O) groups is 1. The molecule has 1 aromatic carbocycles. The number of nitrogens with one attached hydrogen (secondary N) is 1. The molecular weight excluding hydrogens is 287 g/mol. The molecule has 1 aromatic rings. The zero-order valence-electron chi connectivity index (χ0n) is 11.6. The van der Waals surface area contributed by atoms with Crippen LogP contribution in [0.5, 0.6) is 5.75 Å². The summed E-state index contributed by atoms with van der Waals surface area (Å²) in [4.78, 5) is 11.5. The van der Waals surface area contributed by atoms with Gasteiger partial charge in [0, 0.05) is 13.2 Å². The number of benzene rings is 1. The SMILES string of the molecule is CC(CCO)CNC(=O)COc1ccccc1C(F)(F)F. The summed E-state index contributed by atoms with van der Waals surface area (Å²) in [7, 11) is 0. The second-order valence-electron chi connectivity index (χ2n) is 4.70. The Morgan fingerprint density at radius 1 is 1.38 bits per heavy atom. The summed E-state index contributed by atoms with van der Waals surface area (Å²) in [6.07, 6.45) is -3.99. The van der Waals surface area contributed by atoms with Crippen LogP contribution in [0.2, 0.25) is 0 Å². The van der Waals surface area contributed by atoms with Gasteiger partial charge in [0.2, 0.25) is 0 Å². The van der Waals surface area contributed by atoms with Crippen LogP contribution in [0.4, 0.5) is 13.2 Å². The molecule has 0 saturated heterocycles. The van der Waals surface area contributed by atoms with E-state index in [9.17, 15) is 18.0 Å². The summed E-state index contributed by atoms with van der Waals surface area (Å²) in [5.74, 6) is -0.790. The molecule has 0 aliphatic rings. The molecule has 1 amide bonds. The van der Waals surface area contributed by atoms with Crippen molar-refractivity contribution in [1.29, 1.82) is 0 Å².